The van der Waals surface area contributed by atoms with E-state index in [4.69, 9.17) is 5.26 Å². The second-order valence-corrected chi connectivity index (χ2v) is 2.78. The Morgan fingerprint density at radius 2 is 2.00 bits per heavy atom. The van der Waals surface area contributed by atoms with Crippen molar-refractivity contribution in [1.82, 2.24) is 9.97 Å². The standard InChI is InChI=1S/C9H5N3O2/c10-4-5-1-2-6-7(3-5)11-9(14)12-8(6)13/h1-3H,(H2,11,12,13,14). The van der Waals surface area contributed by atoms with Crippen LogP contribution in [0.15, 0.2) is 27.8 Å². The summed E-state index contributed by atoms with van der Waals surface area (Å²) in [7, 11) is 0. The lowest BCUT2D eigenvalue weighted by atomic mass is 10.2. The zero-order valence-corrected chi connectivity index (χ0v) is 7.00. The summed E-state index contributed by atoms with van der Waals surface area (Å²) in [5.41, 5.74) is -0.248. The summed E-state index contributed by atoms with van der Waals surface area (Å²) in [6, 6.07) is 6.41. The lowest BCUT2D eigenvalue weighted by molar-refractivity contribution is 1.08. The molecule has 0 amide bonds. The number of fused-ring (bicyclic) bond motifs is 1. The number of hydrogen-bond acceptors (Lipinski definition) is 3. The highest BCUT2D eigenvalue weighted by molar-refractivity contribution is 5.78. The lowest BCUT2D eigenvalue weighted by Crippen LogP contribution is -2.21. The minimum atomic E-state index is -0.572. The van der Waals surface area contributed by atoms with Crippen LogP contribution in [-0.4, -0.2) is 9.97 Å². The number of nitrogens with zero attached hydrogens (tertiary/aromatic N) is 1. The number of benzene rings is 1. The van der Waals surface area contributed by atoms with Gasteiger partial charge < -0.3 is 4.98 Å². The zero-order valence-electron chi connectivity index (χ0n) is 7.00. The van der Waals surface area contributed by atoms with Gasteiger partial charge in [0, 0.05) is 0 Å². The summed E-state index contributed by atoms with van der Waals surface area (Å²) in [4.78, 5) is 26.7. The zero-order chi connectivity index (χ0) is 10.1. The van der Waals surface area contributed by atoms with E-state index in [0.717, 1.165) is 0 Å². The first-order valence-electron chi connectivity index (χ1n) is 3.87. The maximum atomic E-state index is 11.2. The third kappa shape index (κ3) is 1.19. The fourth-order valence-corrected chi connectivity index (χ4v) is 1.24. The molecular weight excluding hydrogens is 182 g/mol. The van der Waals surface area contributed by atoms with Gasteiger partial charge in [-0.25, -0.2) is 4.79 Å². The van der Waals surface area contributed by atoms with Crippen molar-refractivity contribution in [2.75, 3.05) is 0 Å². The Bertz CT molecular complexity index is 645. The van der Waals surface area contributed by atoms with Crippen molar-refractivity contribution in [3.63, 3.8) is 0 Å². The molecule has 0 aliphatic rings. The van der Waals surface area contributed by atoms with E-state index in [-0.39, 0.29) is 0 Å². The van der Waals surface area contributed by atoms with Crippen LogP contribution in [-0.2, 0) is 0 Å². The Labute approximate surface area is 77.6 Å². The SMILES string of the molecule is N#Cc1ccc2c(=O)[nH]c(=O)[nH]c2c1. The number of hydrogen-bond donors (Lipinski definition) is 2. The molecule has 0 aliphatic heterocycles. The van der Waals surface area contributed by atoms with E-state index >= 15 is 0 Å². The molecule has 5 nitrogen and oxygen atoms in total. The third-order valence-electron chi connectivity index (χ3n) is 1.87. The monoisotopic (exact) mass is 187 g/mol. The van der Waals surface area contributed by atoms with E-state index < -0.39 is 11.2 Å². The van der Waals surface area contributed by atoms with Crippen LogP contribution in [0.4, 0.5) is 0 Å². The molecule has 1 heterocycles. The molecule has 2 aromatic rings. The predicted octanol–water partition coefficient (Wildman–Crippen LogP) is 0.0881. The van der Waals surface area contributed by atoms with E-state index in [9.17, 15) is 9.59 Å². The van der Waals surface area contributed by atoms with Gasteiger partial charge in [-0.05, 0) is 18.2 Å². The van der Waals surface area contributed by atoms with E-state index in [0.29, 0.717) is 16.5 Å². The van der Waals surface area contributed by atoms with Crippen molar-refractivity contribution < 1.29 is 0 Å². The van der Waals surface area contributed by atoms with Gasteiger partial charge >= 0.3 is 5.69 Å². The molecule has 0 radical (unpaired) electrons. The number of rotatable bonds is 0. The maximum absolute atomic E-state index is 11.2. The molecule has 68 valence electrons. The van der Waals surface area contributed by atoms with Crippen molar-refractivity contribution in [2.24, 2.45) is 0 Å². The molecule has 0 spiro atoms. The van der Waals surface area contributed by atoms with Gasteiger partial charge in [0.1, 0.15) is 0 Å². The summed E-state index contributed by atoms with van der Waals surface area (Å²) < 4.78 is 0. The second kappa shape index (κ2) is 2.85. The molecular formula is C9H5N3O2. The number of aromatic nitrogens is 2. The molecule has 2 N–H and O–H groups in total. The van der Waals surface area contributed by atoms with Gasteiger partial charge in [0.05, 0.1) is 22.5 Å². The van der Waals surface area contributed by atoms with Crippen molar-refractivity contribution in [2.45, 2.75) is 0 Å². The van der Waals surface area contributed by atoms with Crippen LogP contribution in [0.5, 0.6) is 0 Å². The van der Waals surface area contributed by atoms with Crippen LogP contribution in [0.3, 0.4) is 0 Å². The van der Waals surface area contributed by atoms with Crippen molar-refractivity contribution in [3.05, 3.63) is 44.6 Å². The highest BCUT2D eigenvalue weighted by atomic mass is 16.2. The summed E-state index contributed by atoms with van der Waals surface area (Å²) >= 11 is 0. The fourth-order valence-electron chi connectivity index (χ4n) is 1.24. The third-order valence-corrected chi connectivity index (χ3v) is 1.87. The first kappa shape index (κ1) is 8.26. The Kier molecular flexibility index (Phi) is 1.68. The van der Waals surface area contributed by atoms with E-state index in [1.807, 2.05) is 6.07 Å². The molecule has 0 saturated heterocycles. The molecule has 14 heavy (non-hydrogen) atoms. The minimum absolute atomic E-state index is 0.364. The Balaban J connectivity index is 2.98. The molecule has 1 aromatic carbocycles. The average molecular weight is 187 g/mol. The first-order valence-corrected chi connectivity index (χ1v) is 3.87. The topological polar surface area (TPSA) is 89.5 Å². The van der Waals surface area contributed by atoms with Gasteiger partial charge in [0.25, 0.3) is 5.56 Å². The Morgan fingerprint density at radius 3 is 2.71 bits per heavy atom. The molecule has 5 heteroatoms. The number of nitriles is 1. The van der Waals surface area contributed by atoms with Gasteiger partial charge in [-0.2, -0.15) is 5.26 Å². The molecule has 0 fully saturated rings. The van der Waals surface area contributed by atoms with Crippen LogP contribution in [0.2, 0.25) is 0 Å². The quantitative estimate of drug-likeness (QED) is 0.612. The second-order valence-electron chi connectivity index (χ2n) is 2.78. The molecule has 1 aromatic heterocycles. The van der Waals surface area contributed by atoms with Crippen LogP contribution in [0.25, 0.3) is 10.9 Å². The van der Waals surface area contributed by atoms with Gasteiger partial charge in [0.15, 0.2) is 0 Å². The molecule has 0 unspecified atom stereocenters. The summed E-state index contributed by atoms with van der Waals surface area (Å²) in [6.45, 7) is 0. The van der Waals surface area contributed by atoms with E-state index in [1.165, 1.54) is 18.2 Å². The van der Waals surface area contributed by atoms with E-state index in [1.54, 1.807) is 0 Å². The summed E-state index contributed by atoms with van der Waals surface area (Å²) in [5.74, 6) is 0. The molecule has 0 saturated carbocycles. The number of nitrogens with one attached hydrogen (secondary N) is 2. The van der Waals surface area contributed by atoms with Crippen LogP contribution < -0.4 is 11.2 Å². The fraction of sp³-hybridized carbons (Fsp3) is 0. The van der Waals surface area contributed by atoms with Gasteiger partial charge in [-0.1, -0.05) is 0 Å². The predicted molar refractivity (Wildman–Crippen MR) is 49.9 cm³/mol. The van der Waals surface area contributed by atoms with Crippen LogP contribution >= 0.6 is 0 Å². The minimum Gasteiger partial charge on any atom is -0.307 e. The van der Waals surface area contributed by atoms with E-state index in [2.05, 4.69) is 9.97 Å². The lowest BCUT2D eigenvalue weighted by Gasteiger charge is -1.95. The molecule has 0 bridgehead atoms. The molecule has 0 aliphatic carbocycles. The van der Waals surface area contributed by atoms with Gasteiger partial charge in [0.2, 0.25) is 0 Å². The summed E-state index contributed by atoms with van der Waals surface area (Å²) in [6.07, 6.45) is 0. The Morgan fingerprint density at radius 1 is 1.21 bits per heavy atom. The summed E-state index contributed by atoms with van der Waals surface area (Å²) in [5, 5.41) is 8.97. The number of aromatic amines is 2. The van der Waals surface area contributed by atoms with Crippen molar-refractivity contribution >= 4 is 10.9 Å². The van der Waals surface area contributed by atoms with Crippen LogP contribution in [0.1, 0.15) is 5.56 Å². The largest absolute Gasteiger partial charge is 0.326 e. The normalized spacial score (nSPS) is 9.93. The van der Waals surface area contributed by atoms with Gasteiger partial charge in [-0.15, -0.1) is 0 Å². The van der Waals surface area contributed by atoms with Crippen LogP contribution in [0, 0.1) is 11.3 Å². The highest BCUT2D eigenvalue weighted by Gasteiger charge is 2.00. The number of H-pyrrole nitrogens is 2. The Hall–Kier alpha value is -2.35. The average Bonchev–Trinajstić information content (AvgIpc) is 2.16. The van der Waals surface area contributed by atoms with Crippen molar-refractivity contribution in [3.8, 4) is 6.07 Å². The smallest absolute Gasteiger partial charge is 0.307 e. The van der Waals surface area contributed by atoms with Crippen molar-refractivity contribution in [1.29, 1.82) is 5.26 Å². The first-order chi connectivity index (χ1) is 6.70. The molecule has 0 atom stereocenters. The maximum Gasteiger partial charge on any atom is 0.326 e. The highest BCUT2D eigenvalue weighted by Crippen LogP contribution is 2.06. The van der Waals surface area contributed by atoms with Gasteiger partial charge in [-0.3, -0.25) is 9.78 Å². The molecule has 2 rings (SSSR count).